The Kier molecular flexibility index (Phi) is 8.36. The lowest BCUT2D eigenvalue weighted by Gasteiger charge is -2.58. The van der Waals surface area contributed by atoms with Crippen molar-refractivity contribution in [3.8, 4) is 5.69 Å². The van der Waals surface area contributed by atoms with E-state index in [2.05, 4.69) is 39.6 Å². The second-order valence-corrected chi connectivity index (χ2v) is 11.6. The lowest BCUT2D eigenvalue weighted by molar-refractivity contribution is -0.137. The average Bonchev–Trinajstić information content (AvgIpc) is 2.82. The van der Waals surface area contributed by atoms with Crippen LogP contribution in [0.1, 0.15) is 26.3 Å². The van der Waals surface area contributed by atoms with Crippen LogP contribution in [0.25, 0.3) is 5.69 Å². The molecule has 1 atom stereocenters. The Morgan fingerprint density at radius 1 is 1.08 bits per heavy atom. The van der Waals surface area contributed by atoms with Gasteiger partial charge >= 0.3 is 11.7 Å². The van der Waals surface area contributed by atoms with Crippen LogP contribution >= 0.6 is 12.4 Å². The third kappa shape index (κ3) is 6.27. The molecule has 39 heavy (non-hydrogen) atoms. The number of hydrogen-bond acceptors (Lipinski definition) is 7. The van der Waals surface area contributed by atoms with Crippen molar-refractivity contribution in [3.05, 3.63) is 52.6 Å². The first-order chi connectivity index (χ1) is 18.0. The van der Waals surface area contributed by atoms with Gasteiger partial charge in [-0.2, -0.15) is 4.98 Å². The molecular formula is C27H39ClN8O3. The number of rotatable bonds is 6. The number of piperazine rings is 1. The Morgan fingerprint density at radius 2 is 1.69 bits per heavy atom. The minimum atomic E-state index is -0.942. The molecule has 5 rings (SSSR count). The topological polar surface area (TPSA) is 129 Å². The number of amides is 3. The fourth-order valence-electron chi connectivity index (χ4n) is 5.47. The largest absolute Gasteiger partial charge is 0.354 e. The number of halogens is 1. The molecule has 0 saturated carbocycles. The Labute approximate surface area is 235 Å². The van der Waals surface area contributed by atoms with Crippen molar-refractivity contribution in [2.45, 2.75) is 38.8 Å². The summed E-state index contributed by atoms with van der Waals surface area (Å²) in [5.41, 5.74) is 6.98. The lowest BCUT2D eigenvalue weighted by Crippen LogP contribution is -2.72. The van der Waals surface area contributed by atoms with Crippen molar-refractivity contribution >= 4 is 30.2 Å². The van der Waals surface area contributed by atoms with E-state index in [1.54, 1.807) is 35.9 Å². The number of carbonyl (C=O) groups is 2. The highest BCUT2D eigenvalue weighted by Gasteiger charge is 2.48. The van der Waals surface area contributed by atoms with E-state index >= 15 is 0 Å². The van der Waals surface area contributed by atoms with Gasteiger partial charge in [0, 0.05) is 70.0 Å². The molecule has 1 unspecified atom stereocenters. The van der Waals surface area contributed by atoms with Crippen molar-refractivity contribution in [1.29, 1.82) is 0 Å². The molecule has 0 radical (unpaired) electrons. The van der Waals surface area contributed by atoms with Gasteiger partial charge in [-0.15, -0.1) is 12.4 Å². The van der Waals surface area contributed by atoms with Gasteiger partial charge in [0.1, 0.15) is 5.82 Å². The van der Waals surface area contributed by atoms with E-state index in [0.29, 0.717) is 37.6 Å². The molecule has 0 bridgehead atoms. The molecule has 4 N–H and O–H groups in total. The molecule has 12 heteroatoms. The molecule has 2 aromatic rings. The lowest BCUT2D eigenvalue weighted by atomic mass is 9.73. The molecule has 4 heterocycles. The van der Waals surface area contributed by atoms with Gasteiger partial charge in [0.05, 0.1) is 11.2 Å². The minimum absolute atomic E-state index is 0. The van der Waals surface area contributed by atoms with Gasteiger partial charge in [-0.3, -0.25) is 19.6 Å². The number of carbonyl (C=O) groups excluding carboxylic acids is 2. The van der Waals surface area contributed by atoms with Gasteiger partial charge in [0.2, 0.25) is 5.91 Å². The zero-order valence-electron chi connectivity index (χ0n) is 22.9. The van der Waals surface area contributed by atoms with Crippen LogP contribution in [0.3, 0.4) is 0 Å². The smallest absolute Gasteiger partial charge is 0.338 e. The number of anilines is 1. The molecule has 1 spiro atoms. The van der Waals surface area contributed by atoms with E-state index in [-0.39, 0.29) is 30.2 Å². The number of likely N-dealkylation sites (tertiary alicyclic amines) is 1. The quantitative estimate of drug-likeness (QED) is 0.480. The summed E-state index contributed by atoms with van der Waals surface area (Å²) in [7, 11) is 0. The van der Waals surface area contributed by atoms with Crippen molar-refractivity contribution in [3.63, 3.8) is 0 Å². The summed E-state index contributed by atoms with van der Waals surface area (Å²) in [5, 5.41) is 6.08. The standard InChI is InChI=1S/C27H38N8O3.ClH/c1-19(34-17-27(18-34)15-29-16-27)14-20-4-6-21(7-5-20)35-9-8-22(31-25(35)38)30-24(37)33-12-10-32(11-13-33)23(36)26(2,3)28;/h4-9,19,29H,10-18,28H2,1-3H3,(H,30,31,37,38);1H. The summed E-state index contributed by atoms with van der Waals surface area (Å²) in [6, 6.07) is 9.72. The molecule has 3 aliphatic heterocycles. The Balaban J connectivity index is 0.00000353. The van der Waals surface area contributed by atoms with Crippen molar-refractivity contribution < 1.29 is 9.59 Å². The van der Waals surface area contributed by atoms with E-state index in [1.807, 2.05) is 12.1 Å². The van der Waals surface area contributed by atoms with E-state index in [1.165, 1.54) is 23.2 Å². The van der Waals surface area contributed by atoms with Gasteiger partial charge in [-0.05, 0) is 51.0 Å². The number of benzene rings is 1. The number of nitrogens with two attached hydrogens (primary N) is 1. The average molecular weight is 559 g/mol. The summed E-state index contributed by atoms with van der Waals surface area (Å²) in [5.74, 6) is 0.0541. The number of hydrogen-bond donors (Lipinski definition) is 3. The summed E-state index contributed by atoms with van der Waals surface area (Å²) in [6.45, 7) is 11.8. The van der Waals surface area contributed by atoms with Crippen molar-refractivity contribution in [2.24, 2.45) is 11.1 Å². The van der Waals surface area contributed by atoms with E-state index < -0.39 is 11.2 Å². The SMILES string of the molecule is CC(Cc1ccc(-n2ccc(NC(=O)N3CCN(C(=O)C(C)(C)N)CC3)nc2=O)cc1)N1CC2(CNC2)C1.Cl. The fraction of sp³-hybridized carbons (Fsp3) is 0.556. The number of aromatic nitrogens is 2. The highest BCUT2D eigenvalue weighted by Crippen LogP contribution is 2.35. The van der Waals surface area contributed by atoms with Crippen LogP contribution < -0.4 is 22.1 Å². The molecule has 1 aromatic heterocycles. The molecule has 11 nitrogen and oxygen atoms in total. The van der Waals surface area contributed by atoms with Crippen LogP contribution in [0.5, 0.6) is 0 Å². The maximum atomic E-state index is 12.7. The van der Waals surface area contributed by atoms with E-state index in [0.717, 1.165) is 25.2 Å². The molecule has 3 saturated heterocycles. The van der Waals surface area contributed by atoms with Gasteiger partial charge in [-0.1, -0.05) is 12.1 Å². The third-order valence-electron chi connectivity index (χ3n) is 7.89. The van der Waals surface area contributed by atoms with E-state index in [9.17, 15) is 14.4 Å². The zero-order chi connectivity index (χ0) is 27.1. The highest BCUT2D eigenvalue weighted by molar-refractivity contribution is 5.89. The van der Waals surface area contributed by atoms with Crippen LogP contribution in [0, 0.1) is 5.41 Å². The predicted molar refractivity (Wildman–Crippen MR) is 153 cm³/mol. The maximum Gasteiger partial charge on any atom is 0.354 e. The minimum Gasteiger partial charge on any atom is -0.338 e. The molecule has 3 amide bonds. The zero-order valence-corrected chi connectivity index (χ0v) is 23.7. The Bertz CT molecular complexity index is 1240. The summed E-state index contributed by atoms with van der Waals surface area (Å²) in [6.07, 6.45) is 2.59. The van der Waals surface area contributed by atoms with Crippen LogP contribution in [-0.4, -0.2) is 100 Å². The van der Waals surface area contributed by atoms with Crippen LogP contribution in [0.4, 0.5) is 10.6 Å². The molecule has 212 valence electrons. The van der Waals surface area contributed by atoms with Crippen LogP contribution in [-0.2, 0) is 11.2 Å². The van der Waals surface area contributed by atoms with Crippen LogP contribution in [0.2, 0.25) is 0 Å². The Morgan fingerprint density at radius 3 is 2.23 bits per heavy atom. The van der Waals surface area contributed by atoms with Gasteiger partial charge < -0.3 is 20.9 Å². The van der Waals surface area contributed by atoms with Crippen molar-refractivity contribution in [1.82, 2.24) is 29.6 Å². The molecule has 3 aliphatic rings. The maximum absolute atomic E-state index is 12.7. The third-order valence-corrected chi connectivity index (χ3v) is 7.89. The molecule has 0 aliphatic carbocycles. The summed E-state index contributed by atoms with van der Waals surface area (Å²) in [4.78, 5) is 47.6. The summed E-state index contributed by atoms with van der Waals surface area (Å²) >= 11 is 0. The predicted octanol–water partition coefficient (Wildman–Crippen LogP) is 0.904. The van der Waals surface area contributed by atoms with E-state index in [4.69, 9.17) is 5.73 Å². The highest BCUT2D eigenvalue weighted by atomic mass is 35.5. The first-order valence-electron chi connectivity index (χ1n) is 13.3. The monoisotopic (exact) mass is 558 g/mol. The van der Waals surface area contributed by atoms with Gasteiger partial charge in [0.15, 0.2) is 0 Å². The van der Waals surface area contributed by atoms with Crippen LogP contribution in [0.15, 0.2) is 41.3 Å². The molecular weight excluding hydrogens is 520 g/mol. The normalized spacial score (nSPS) is 19.5. The second kappa shape index (κ2) is 11.2. The number of urea groups is 1. The fourth-order valence-corrected chi connectivity index (χ4v) is 5.47. The van der Waals surface area contributed by atoms with Gasteiger partial charge in [-0.25, -0.2) is 9.59 Å². The number of nitrogens with one attached hydrogen (secondary N) is 2. The van der Waals surface area contributed by atoms with Gasteiger partial charge in [0.25, 0.3) is 0 Å². The first kappa shape index (κ1) is 29.0. The number of nitrogens with zero attached hydrogens (tertiary/aromatic N) is 5. The summed E-state index contributed by atoms with van der Waals surface area (Å²) < 4.78 is 1.46. The second-order valence-electron chi connectivity index (χ2n) is 11.6. The Hall–Kier alpha value is -2.99. The molecule has 3 fully saturated rings. The molecule has 1 aromatic carbocycles. The first-order valence-corrected chi connectivity index (χ1v) is 13.3. The van der Waals surface area contributed by atoms with Crippen molar-refractivity contribution in [2.75, 3.05) is 57.7 Å².